The first kappa shape index (κ1) is 19.7. The Labute approximate surface area is 152 Å². The highest BCUT2D eigenvalue weighted by Gasteiger charge is 2.21. The molecule has 1 fully saturated rings. The fourth-order valence-corrected chi connectivity index (χ4v) is 2.97. The molecule has 8 nitrogen and oxygen atoms in total. The highest BCUT2D eigenvalue weighted by molar-refractivity contribution is 5.96. The number of aromatic nitrogens is 2. The summed E-state index contributed by atoms with van der Waals surface area (Å²) < 4.78 is 1.38. The molecule has 26 heavy (non-hydrogen) atoms. The quantitative estimate of drug-likeness (QED) is 0.606. The molecule has 0 aliphatic heterocycles. The van der Waals surface area contributed by atoms with Gasteiger partial charge < -0.3 is 15.7 Å². The van der Waals surface area contributed by atoms with Crippen molar-refractivity contribution < 1.29 is 19.5 Å². The largest absolute Gasteiger partial charge is 0.480 e. The molecule has 1 atom stereocenters. The number of carboxylic acids is 1. The molecule has 1 unspecified atom stereocenters. The number of carbonyl (C=O) groups excluding carboxylic acids is 2. The van der Waals surface area contributed by atoms with E-state index in [1.54, 1.807) is 19.1 Å². The van der Waals surface area contributed by atoms with Crippen molar-refractivity contribution in [3.05, 3.63) is 30.1 Å². The van der Waals surface area contributed by atoms with Crippen molar-refractivity contribution in [1.29, 1.82) is 0 Å². The summed E-state index contributed by atoms with van der Waals surface area (Å²) in [5, 5.41) is 18.6. The van der Waals surface area contributed by atoms with E-state index in [-0.39, 0.29) is 30.5 Å². The first-order valence-electron chi connectivity index (χ1n) is 8.96. The molecule has 1 aromatic heterocycles. The summed E-state index contributed by atoms with van der Waals surface area (Å²) in [5.41, 5.74) is 0.224. The maximum Gasteiger partial charge on any atom is 0.326 e. The van der Waals surface area contributed by atoms with E-state index in [0.29, 0.717) is 0 Å². The number of carbonyl (C=O) groups is 3. The molecular weight excluding hydrogens is 336 g/mol. The number of rotatable bonds is 8. The van der Waals surface area contributed by atoms with Crippen molar-refractivity contribution in [2.45, 2.75) is 64.1 Å². The van der Waals surface area contributed by atoms with Crippen molar-refractivity contribution in [1.82, 2.24) is 20.4 Å². The van der Waals surface area contributed by atoms with E-state index in [1.165, 1.54) is 23.5 Å². The first-order valence-corrected chi connectivity index (χ1v) is 8.96. The third-order valence-corrected chi connectivity index (χ3v) is 4.38. The highest BCUT2D eigenvalue weighted by atomic mass is 16.4. The fraction of sp³-hybridized carbons (Fsp3) is 0.556. The van der Waals surface area contributed by atoms with E-state index >= 15 is 0 Å². The molecule has 142 valence electrons. The summed E-state index contributed by atoms with van der Waals surface area (Å²) in [6, 6.07) is -0.783. The van der Waals surface area contributed by atoms with Crippen LogP contribution in [-0.2, 0) is 16.1 Å². The van der Waals surface area contributed by atoms with Gasteiger partial charge in [-0.25, -0.2) is 4.79 Å². The van der Waals surface area contributed by atoms with Gasteiger partial charge >= 0.3 is 5.97 Å². The Morgan fingerprint density at radius 1 is 1.35 bits per heavy atom. The Morgan fingerprint density at radius 3 is 2.73 bits per heavy atom. The SMILES string of the molecule is C/C=C/CC(NC(=O)c1cnn(CC(=O)NC2CCCCC2)c1)C(=O)O. The Morgan fingerprint density at radius 2 is 2.08 bits per heavy atom. The Kier molecular flexibility index (Phi) is 7.37. The van der Waals surface area contributed by atoms with Gasteiger partial charge in [-0.05, 0) is 26.2 Å². The fourth-order valence-electron chi connectivity index (χ4n) is 2.97. The van der Waals surface area contributed by atoms with Gasteiger partial charge in [0.1, 0.15) is 12.6 Å². The summed E-state index contributed by atoms with van der Waals surface area (Å²) >= 11 is 0. The Hall–Kier alpha value is -2.64. The van der Waals surface area contributed by atoms with E-state index in [1.807, 2.05) is 0 Å². The van der Waals surface area contributed by atoms with E-state index < -0.39 is 17.9 Å². The number of aliphatic carboxylic acids is 1. The maximum atomic E-state index is 12.2. The average molecular weight is 362 g/mol. The lowest BCUT2D eigenvalue weighted by atomic mass is 9.95. The van der Waals surface area contributed by atoms with Crippen LogP contribution < -0.4 is 10.6 Å². The second-order valence-electron chi connectivity index (χ2n) is 6.50. The summed E-state index contributed by atoms with van der Waals surface area (Å²) in [4.78, 5) is 35.5. The Bertz CT molecular complexity index is 662. The van der Waals surface area contributed by atoms with Gasteiger partial charge in [-0.2, -0.15) is 5.10 Å². The van der Waals surface area contributed by atoms with Crippen LogP contribution in [0.3, 0.4) is 0 Å². The van der Waals surface area contributed by atoms with Crippen LogP contribution >= 0.6 is 0 Å². The zero-order valence-corrected chi connectivity index (χ0v) is 15.0. The standard InChI is InChI=1S/C18H26N4O4/c1-2-3-9-15(18(25)26)21-17(24)13-10-19-22(11-13)12-16(23)20-14-7-5-4-6-8-14/h2-3,10-11,14-15H,4-9,12H2,1H3,(H,20,23)(H,21,24)(H,25,26)/b3-2+. The van der Waals surface area contributed by atoms with Crippen molar-refractivity contribution in [3.63, 3.8) is 0 Å². The highest BCUT2D eigenvalue weighted by Crippen LogP contribution is 2.17. The minimum absolute atomic E-state index is 0.0325. The van der Waals surface area contributed by atoms with E-state index in [2.05, 4.69) is 15.7 Å². The van der Waals surface area contributed by atoms with Crippen LogP contribution in [0.2, 0.25) is 0 Å². The molecule has 2 amide bonds. The van der Waals surface area contributed by atoms with Gasteiger partial charge in [0, 0.05) is 12.2 Å². The lowest BCUT2D eigenvalue weighted by Crippen LogP contribution is -2.40. The minimum Gasteiger partial charge on any atom is -0.480 e. The van der Waals surface area contributed by atoms with Crippen molar-refractivity contribution in [2.24, 2.45) is 0 Å². The molecular formula is C18H26N4O4. The monoisotopic (exact) mass is 362 g/mol. The number of nitrogens with one attached hydrogen (secondary N) is 2. The molecule has 8 heteroatoms. The molecule has 0 aromatic carbocycles. The van der Waals surface area contributed by atoms with Crippen molar-refractivity contribution in [2.75, 3.05) is 0 Å². The zero-order valence-electron chi connectivity index (χ0n) is 15.0. The second kappa shape index (κ2) is 9.74. The van der Waals surface area contributed by atoms with E-state index in [4.69, 9.17) is 5.11 Å². The topological polar surface area (TPSA) is 113 Å². The van der Waals surface area contributed by atoms with Crippen LogP contribution in [-0.4, -0.2) is 44.8 Å². The average Bonchev–Trinajstić information content (AvgIpc) is 3.07. The normalized spacial score (nSPS) is 16.3. The van der Waals surface area contributed by atoms with Gasteiger partial charge in [0.25, 0.3) is 5.91 Å². The molecule has 0 bridgehead atoms. The van der Waals surface area contributed by atoms with Gasteiger partial charge in [-0.3, -0.25) is 14.3 Å². The number of carboxylic acid groups (broad SMARTS) is 1. The molecule has 1 aromatic rings. The van der Waals surface area contributed by atoms with Crippen molar-refractivity contribution >= 4 is 17.8 Å². The van der Waals surface area contributed by atoms with Gasteiger partial charge in [0.15, 0.2) is 0 Å². The maximum absolute atomic E-state index is 12.2. The molecule has 1 saturated carbocycles. The number of nitrogens with zero attached hydrogens (tertiary/aromatic N) is 2. The second-order valence-corrected chi connectivity index (χ2v) is 6.50. The predicted octanol–water partition coefficient (Wildman–Crippen LogP) is 1.48. The predicted molar refractivity (Wildman–Crippen MR) is 95.6 cm³/mol. The molecule has 2 rings (SSSR count). The minimum atomic E-state index is -1.10. The van der Waals surface area contributed by atoms with Crippen LogP contribution in [0.5, 0.6) is 0 Å². The first-order chi connectivity index (χ1) is 12.5. The summed E-state index contributed by atoms with van der Waals surface area (Å²) in [6.45, 7) is 1.81. The summed E-state index contributed by atoms with van der Waals surface area (Å²) in [6.07, 6.45) is 11.9. The Balaban J connectivity index is 1.88. The third kappa shape index (κ3) is 6.02. The molecule has 3 N–H and O–H groups in total. The summed E-state index contributed by atoms with van der Waals surface area (Å²) in [5.74, 6) is -1.76. The molecule has 0 spiro atoms. The molecule has 0 saturated heterocycles. The van der Waals surface area contributed by atoms with E-state index in [9.17, 15) is 14.4 Å². The van der Waals surface area contributed by atoms with Crippen LogP contribution in [0.1, 0.15) is 55.8 Å². The summed E-state index contributed by atoms with van der Waals surface area (Å²) in [7, 11) is 0. The molecule has 0 radical (unpaired) electrons. The van der Waals surface area contributed by atoms with Crippen LogP contribution in [0.15, 0.2) is 24.5 Å². The molecule has 1 heterocycles. The number of allylic oxidation sites excluding steroid dienone is 1. The number of hydrogen-bond donors (Lipinski definition) is 3. The number of amides is 2. The third-order valence-electron chi connectivity index (χ3n) is 4.38. The molecule has 1 aliphatic carbocycles. The van der Waals surface area contributed by atoms with Crippen LogP contribution in [0.25, 0.3) is 0 Å². The smallest absolute Gasteiger partial charge is 0.326 e. The molecule has 1 aliphatic rings. The van der Waals surface area contributed by atoms with Crippen LogP contribution in [0.4, 0.5) is 0 Å². The van der Waals surface area contributed by atoms with Gasteiger partial charge in [0.05, 0.1) is 11.8 Å². The zero-order chi connectivity index (χ0) is 18.9. The lowest BCUT2D eigenvalue weighted by Gasteiger charge is -2.22. The van der Waals surface area contributed by atoms with Crippen molar-refractivity contribution in [3.8, 4) is 0 Å². The van der Waals surface area contributed by atoms with E-state index in [0.717, 1.165) is 25.7 Å². The van der Waals surface area contributed by atoms with Crippen LogP contribution in [0, 0.1) is 0 Å². The lowest BCUT2D eigenvalue weighted by molar-refractivity contribution is -0.139. The van der Waals surface area contributed by atoms with Gasteiger partial charge in [-0.15, -0.1) is 0 Å². The van der Waals surface area contributed by atoms with Gasteiger partial charge in [0.2, 0.25) is 5.91 Å². The number of hydrogen-bond acceptors (Lipinski definition) is 4. The van der Waals surface area contributed by atoms with Gasteiger partial charge in [-0.1, -0.05) is 31.4 Å².